The van der Waals surface area contributed by atoms with Gasteiger partial charge in [-0.05, 0) is 6.92 Å². The summed E-state index contributed by atoms with van der Waals surface area (Å²) in [5, 5.41) is 1.87. The van der Waals surface area contributed by atoms with Crippen molar-refractivity contribution in [1.82, 2.24) is 14.7 Å². The smallest absolute Gasteiger partial charge is 0.305 e. The lowest BCUT2D eigenvalue weighted by atomic mass is 10.3. The molecule has 0 amide bonds. The van der Waals surface area contributed by atoms with Crippen LogP contribution in [0.3, 0.4) is 0 Å². The van der Waals surface area contributed by atoms with Gasteiger partial charge in [-0.3, -0.25) is 4.79 Å². The molecule has 0 atom stereocenters. The monoisotopic (exact) mass is 305 g/mol. The van der Waals surface area contributed by atoms with E-state index in [0.717, 1.165) is 5.69 Å². The molecule has 0 radical (unpaired) electrons. The van der Waals surface area contributed by atoms with Gasteiger partial charge in [-0.15, -0.1) is 11.3 Å². The SMILES string of the molecule is Cc1[nH]c(=O)sc1S(=O)(=O)NCCc1cscn1. The Bertz CT molecular complexity index is 669. The molecule has 0 bridgehead atoms. The molecule has 2 aromatic heterocycles. The third-order valence-electron chi connectivity index (χ3n) is 2.18. The van der Waals surface area contributed by atoms with E-state index < -0.39 is 10.0 Å². The molecule has 6 nitrogen and oxygen atoms in total. The minimum atomic E-state index is -3.61. The second-order valence-electron chi connectivity index (χ2n) is 3.55. The zero-order valence-electron chi connectivity index (χ0n) is 9.47. The number of aromatic amines is 1. The molecule has 0 fully saturated rings. The summed E-state index contributed by atoms with van der Waals surface area (Å²) < 4.78 is 26.3. The molecule has 0 aromatic carbocycles. The lowest BCUT2D eigenvalue weighted by Gasteiger charge is -2.03. The molecular weight excluding hydrogens is 294 g/mol. The Morgan fingerprint density at radius 1 is 1.50 bits per heavy atom. The van der Waals surface area contributed by atoms with E-state index in [0.29, 0.717) is 23.5 Å². The van der Waals surface area contributed by atoms with Crippen molar-refractivity contribution in [2.45, 2.75) is 17.6 Å². The summed E-state index contributed by atoms with van der Waals surface area (Å²) in [5.41, 5.74) is 2.92. The summed E-state index contributed by atoms with van der Waals surface area (Å²) in [6, 6.07) is 0. The van der Waals surface area contributed by atoms with Gasteiger partial charge < -0.3 is 4.98 Å². The molecule has 0 aliphatic carbocycles. The van der Waals surface area contributed by atoms with Crippen molar-refractivity contribution < 1.29 is 8.42 Å². The molecule has 2 heterocycles. The average Bonchev–Trinajstić information content (AvgIpc) is 2.88. The first-order chi connectivity index (χ1) is 8.49. The fourth-order valence-corrected chi connectivity index (χ4v) is 4.36. The lowest BCUT2D eigenvalue weighted by Crippen LogP contribution is -2.25. The number of hydrogen-bond acceptors (Lipinski definition) is 6. The standard InChI is InChI=1S/C9H11N3O3S3/c1-6-8(17-9(13)12-6)18(14,15)11-3-2-7-4-16-5-10-7/h4-5,11H,2-3H2,1H3,(H,12,13). The van der Waals surface area contributed by atoms with Crippen LogP contribution in [0.1, 0.15) is 11.4 Å². The van der Waals surface area contributed by atoms with Gasteiger partial charge in [-0.25, -0.2) is 18.1 Å². The van der Waals surface area contributed by atoms with Crippen molar-refractivity contribution in [3.63, 3.8) is 0 Å². The first-order valence-electron chi connectivity index (χ1n) is 5.05. The molecule has 0 aliphatic heterocycles. The summed E-state index contributed by atoms with van der Waals surface area (Å²) in [7, 11) is -3.61. The van der Waals surface area contributed by atoms with E-state index in [9.17, 15) is 13.2 Å². The molecule has 0 aliphatic rings. The molecule has 18 heavy (non-hydrogen) atoms. The van der Waals surface area contributed by atoms with E-state index in [1.54, 1.807) is 12.4 Å². The van der Waals surface area contributed by atoms with Crippen molar-refractivity contribution in [2.75, 3.05) is 6.54 Å². The predicted molar refractivity (Wildman–Crippen MR) is 70.7 cm³/mol. The van der Waals surface area contributed by atoms with Gasteiger partial charge in [-0.1, -0.05) is 11.3 Å². The van der Waals surface area contributed by atoms with Gasteiger partial charge in [-0.2, -0.15) is 0 Å². The van der Waals surface area contributed by atoms with Crippen LogP contribution >= 0.6 is 22.7 Å². The van der Waals surface area contributed by atoms with Gasteiger partial charge in [0, 0.05) is 24.0 Å². The number of nitrogens with zero attached hydrogens (tertiary/aromatic N) is 1. The Hall–Kier alpha value is -1.03. The van der Waals surface area contributed by atoms with E-state index in [1.807, 2.05) is 5.38 Å². The maximum Gasteiger partial charge on any atom is 0.305 e. The second kappa shape index (κ2) is 5.31. The van der Waals surface area contributed by atoms with E-state index in [2.05, 4.69) is 14.7 Å². The number of thiazole rings is 2. The molecule has 98 valence electrons. The summed E-state index contributed by atoms with van der Waals surface area (Å²) in [5.74, 6) is 0. The van der Waals surface area contributed by atoms with Gasteiger partial charge in [0.2, 0.25) is 0 Å². The molecule has 2 N–H and O–H groups in total. The van der Waals surface area contributed by atoms with Crippen LogP contribution in [0, 0.1) is 6.92 Å². The molecule has 0 unspecified atom stereocenters. The van der Waals surface area contributed by atoms with Gasteiger partial charge in [0.1, 0.15) is 0 Å². The minimum Gasteiger partial charge on any atom is -0.315 e. The molecule has 0 saturated heterocycles. The quantitative estimate of drug-likeness (QED) is 0.851. The summed E-state index contributed by atoms with van der Waals surface area (Å²) in [6.45, 7) is 1.82. The second-order valence-corrected chi connectivity index (χ2v) is 7.22. The molecule has 9 heteroatoms. The van der Waals surface area contributed by atoms with Crippen LogP contribution in [-0.4, -0.2) is 24.9 Å². The number of rotatable bonds is 5. The normalized spacial score (nSPS) is 11.8. The molecule has 0 saturated carbocycles. The number of aryl methyl sites for hydroxylation is 1. The first-order valence-corrected chi connectivity index (χ1v) is 8.30. The van der Waals surface area contributed by atoms with Gasteiger partial charge in [0.05, 0.1) is 11.2 Å². The largest absolute Gasteiger partial charge is 0.315 e. The summed E-state index contributed by atoms with van der Waals surface area (Å²) in [6.07, 6.45) is 0.529. The molecule has 2 aromatic rings. The predicted octanol–water partition coefficient (Wildman–Crippen LogP) is 0.722. The highest BCUT2D eigenvalue weighted by atomic mass is 32.2. The van der Waals surface area contributed by atoms with Crippen molar-refractivity contribution in [3.05, 3.63) is 31.9 Å². The fourth-order valence-electron chi connectivity index (χ4n) is 1.39. The summed E-state index contributed by atoms with van der Waals surface area (Å²) in [4.78, 5) is 17.2. The Kier molecular flexibility index (Phi) is 3.95. The zero-order valence-corrected chi connectivity index (χ0v) is 11.9. The van der Waals surface area contributed by atoms with Crippen LogP contribution in [0.4, 0.5) is 0 Å². The van der Waals surface area contributed by atoms with Gasteiger partial charge in [0.15, 0.2) is 4.21 Å². The number of aromatic nitrogens is 2. The number of sulfonamides is 1. The molecule has 2 rings (SSSR count). The lowest BCUT2D eigenvalue weighted by molar-refractivity contribution is 0.582. The Balaban J connectivity index is 2.04. The van der Waals surface area contributed by atoms with Crippen LogP contribution < -0.4 is 9.60 Å². The van der Waals surface area contributed by atoms with Crippen molar-refractivity contribution >= 4 is 32.7 Å². The Morgan fingerprint density at radius 2 is 2.28 bits per heavy atom. The van der Waals surface area contributed by atoms with Crippen LogP contribution in [-0.2, 0) is 16.4 Å². The minimum absolute atomic E-state index is 0.0470. The van der Waals surface area contributed by atoms with Gasteiger partial charge in [0.25, 0.3) is 10.0 Å². The van der Waals surface area contributed by atoms with E-state index in [1.165, 1.54) is 11.3 Å². The maximum absolute atomic E-state index is 11.9. The van der Waals surface area contributed by atoms with Crippen LogP contribution in [0.2, 0.25) is 0 Å². The van der Waals surface area contributed by atoms with Crippen molar-refractivity contribution in [3.8, 4) is 0 Å². The van der Waals surface area contributed by atoms with Gasteiger partial charge >= 0.3 is 4.87 Å². The highest BCUT2D eigenvalue weighted by Crippen LogP contribution is 2.15. The summed E-state index contributed by atoms with van der Waals surface area (Å²) >= 11 is 2.16. The first kappa shape index (κ1) is 13.4. The maximum atomic E-state index is 11.9. The number of nitrogens with one attached hydrogen (secondary N) is 2. The van der Waals surface area contributed by atoms with Crippen molar-refractivity contribution in [1.29, 1.82) is 0 Å². The van der Waals surface area contributed by atoms with Crippen molar-refractivity contribution in [2.24, 2.45) is 0 Å². The highest BCUT2D eigenvalue weighted by molar-refractivity contribution is 7.91. The highest BCUT2D eigenvalue weighted by Gasteiger charge is 2.19. The van der Waals surface area contributed by atoms with Crippen LogP contribution in [0.5, 0.6) is 0 Å². The van der Waals surface area contributed by atoms with E-state index in [4.69, 9.17) is 0 Å². The average molecular weight is 305 g/mol. The zero-order chi connectivity index (χ0) is 13.2. The Labute approximate surface area is 112 Å². The Morgan fingerprint density at radius 3 is 2.83 bits per heavy atom. The van der Waals surface area contributed by atoms with E-state index >= 15 is 0 Å². The number of hydrogen-bond donors (Lipinski definition) is 2. The molecular formula is C9H11N3O3S3. The number of H-pyrrole nitrogens is 1. The van der Waals surface area contributed by atoms with Crippen LogP contribution in [0.15, 0.2) is 19.9 Å². The van der Waals surface area contributed by atoms with E-state index in [-0.39, 0.29) is 15.6 Å². The molecule has 0 spiro atoms. The third kappa shape index (κ3) is 3.05. The fraction of sp³-hybridized carbons (Fsp3) is 0.333. The third-order valence-corrected chi connectivity index (χ3v) is 5.88. The van der Waals surface area contributed by atoms with Crippen LogP contribution in [0.25, 0.3) is 0 Å². The topological polar surface area (TPSA) is 91.9 Å².